The molecule has 0 saturated heterocycles. The minimum atomic E-state index is -4.51. The van der Waals surface area contributed by atoms with E-state index in [-0.39, 0.29) is 11.6 Å². The molecule has 4 nitrogen and oxygen atoms in total. The minimum absolute atomic E-state index is 0.0528. The third-order valence-electron chi connectivity index (χ3n) is 2.60. The summed E-state index contributed by atoms with van der Waals surface area (Å²) in [5.41, 5.74) is -0.700. The summed E-state index contributed by atoms with van der Waals surface area (Å²) in [7, 11) is 1.51. The number of thiophene rings is 1. The van der Waals surface area contributed by atoms with E-state index < -0.39 is 11.9 Å². The second-order valence-electron chi connectivity index (χ2n) is 4.29. The quantitative estimate of drug-likeness (QED) is 0.856. The SMILES string of the molecule is COCCNc1nc(-c2ccc(C)s2)cc(C(F)(F)F)n1. The van der Waals surface area contributed by atoms with Gasteiger partial charge in [-0.05, 0) is 25.1 Å². The molecular weight excluding hydrogens is 303 g/mol. The number of nitrogens with zero attached hydrogens (tertiary/aromatic N) is 2. The second kappa shape index (κ2) is 6.40. The lowest BCUT2D eigenvalue weighted by Crippen LogP contribution is -2.15. The molecule has 0 aromatic carbocycles. The van der Waals surface area contributed by atoms with Gasteiger partial charge in [-0.25, -0.2) is 9.97 Å². The van der Waals surface area contributed by atoms with Crippen LogP contribution in [0.5, 0.6) is 0 Å². The summed E-state index contributed by atoms with van der Waals surface area (Å²) in [6.45, 7) is 2.57. The molecule has 21 heavy (non-hydrogen) atoms. The van der Waals surface area contributed by atoms with Crippen molar-refractivity contribution in [3.63, 3.8) is 0 Å². The van der Waals surface area contributed by atoms with Gasteiger partial charge in [-0.15, -0.1) is 11.3 Å². The lowest BCUT2D eigenvalue weighted by atomic mass is 10.2. The molecule has 2 heterocycles. The fraction of sp³-hybridized carbons (Fsp3) is 0.385. The number of hydrogen-bond acceptors (Lipinski definition) is 5. The van der Waals surface area contributed by atoms with Gasteiger partial charge in [-0.1, -0.05) is 0 Å². The molecule has 114 valence electrons. The van der Waals surface area contributed by atoms with E-state index in [0.29, 0.717) is 18.0 Å². The first-order valence-corrected chi connectivity index (χ1v) is 6.97. The average Bonchev–Trinajstić information content (AvgIpc) is 2.84. The fourth-order valence-corrected chi connectivity index (χ4v) is 2.46. The van der Waals surface area contributed by atoms with E-state index in [1.54, 1.807) is 6.07 Å². The van der Waals surface area contributed by atoms with Crippen LogP contribution in [0.1, 0.15) is 10.6 Å². The van der Waals surface area contributed by atoms with Gasteiger partial charge in [0.15, 0.2) is 5.69 Å². The largest absolute Gasteiger partial charge is 0.433 e. The summed E-state index contributed by atoms with van der Waals surface area (Å²) in [6.07, 6.45) is -4.51. The van der Waals surface area contributed by atoms with Crippen LogP contribution in [0.4, 0.5) is 19.1 Å². The Kier molecular flexibility index (Phi) is 4.79. The molecule has 0 aliphatic heterocycles. The third-order valence-corrected chi connectivity index (χ3v) is 3.62. The standard InChI is InChI=1S/C13H14F3N3OS/c1-8-3-4-10(21-8)9-7-11(13(14,15)16)19-12(18-9)17-5-6-20-2/h3-4,7H,5-6H2,1-2H3,(H,17,18,19). The number of halogens is 3. The van der Waals surface area contributed by atoms with Gasteiger partial charge in [0.05, 0.1) is 17.2 Å². The monoisotopic (exact) mass is 317 g/mol. The Labute approximate surface area is 124 Å². The summed E-state index contributed by atoms with van der Waals surface area (Å²) in [5, 5.41) is 2.73. The number of ether oxygens (including phenoxy) is 1. The number of aromatic nitrogens is 2. The maximum Gasteiger partial charge on any atom is 0.433 e. The fourth-order valence-electron chi connectivity index (χ4n) is 1.63. The van der Waals surface area contributed by atoms with Crippen LogP contribution in [0.3, 0.4) is 0 Å². The van der Waals surface area contributed by atoms with Gasteiger partial charge in [-0.3, -0.25) is 0 Å². The average molecular weight is 317 g/mol. The van der Waals surface area contributed by atoms with E-state index in [9.17, 15) is 13.2 Å². The lowest BCUT2D eigenvalue weighted by molar-refractivity contribution is -0.141. The first-order valence-electron chi connectivity index (χ1n) is 6.16. The topological polar surface area (TPSA) is 47.0 Å². The highest BCUT2D eigenvalue weighted by atomic mass is 32.1. The predicted octanol–water partition coefficient (Wildman–Crippen LogP) is 3.59. The van der Waals surface area contributed by atoms with Crippen LogP contribution >= 0.6 is 11.3 Å². The van der Waals surface area contributed by atoms with Crippen molar-refractivity contribution in [1.82, 2.24) is 9.97 Å². The van der Waals surface area contributed by atoms with Crippen LogP contribution in [-0.2, 0) is 10.9 Å². The van der Waals surface area contributed by atoms with Gasteiger partial charge in [0.1, 0.15) is 0 Å². The van der Waals surface area contributed by atoms with E-state index in [0.717, 1.165) is 10.9 Å². The smallest absolute Gasteiger partial charge is 0.383 e. The number of rotatable bonds is 5. The molecule has 1 N–H and O–H groups in total. The molecule has 0 atom stereocenters. The van der Waals surface area contributed by atoms with Crippen molar-refractivity contribution < 1.29 is 17.9 Å². The van der Waals surface area contributed by atoms with E-state index in [4.69, 9.17) is 4.74 Å². The summed E-state index contributed by atoms with van der Waals surface area (Å²) in [6, 6.07) is 4.56. The van der Waals surface area contributed by atoms with Gasteiger partial charge in [0.2, 0.25) is 5.95 Å². The maximum atomic E-state index is 12.9. The van der Waals surface area contributed by atoms with Crippen molar-refractivity contribution in [2.45, 2.75) is 13.1 Å². The molecule has 2 aromatic rings. The first-order chi connectivity index (χ1) is 9.90. The third kappa shape index (κ3) is 4.15. The Hall–Kier alpha value is -1.67. The molecule has 0 bridgehead atoms. The summed E-state index contributed by atoms with van der Waals surface area (Å²) >= 11 is 1.39. The maximum absolute atomic E-state index is 12.9. The Bertz CT molecular complexity index is 613. The number of aryl methyl sites for hydroxylation is 1. The molecule has 8 heteroatoms. The van der Waals surface area contributed by atoms with Crippen molar-refractivity contribution in [3.8, 4) is 10.6 Å². The van der Waals surface area contributed by atoms with Gasteiger partial charge >= 0.3 is 6.18 Å². The Morgan fingerprint density at radius 2 is 2.05 bits per heavy atom. The molecule has 0 spiro atoms. The van der Waals surface area contributed by atoms with E-state index in [1.807, 2.05) is 13.0 Å². The van der Waals surface area contributed by atoms with E-state index in [2.05, 4.69) is 15.3 Å². The zero-order valence-corrected chi connectivity index (χ0v) is 12.3. The Balaban J connectivity index is 2.37. The summed E-state index contributed by atoms with van der Waals surface area (Å²) < 4.78 is 43.6. The van der Waals surface area contributed by atoms with E-state index >= 15 is 0 Å². The normalized spacial score (nSPS) is 11.7. The van der Waals surface area contributed by atoms with Crippen molar-refractivity contribution >= 4 is 17.3 Å². The minimum Gasteiger partial charge on any atom is -0.383 e. The van der Waals surface area contributed by atoms with Crippen LogP contribution < -0.4 is 5.32 Å². The van der Waals surface area contributed by atoms with Gasteiger partial charge < -0.3 is 10.1 Å². The van der Waals surface area contributed by atoms with Crippen LogP contribution in [-0.4, -0.2) is 30.2 Å². The molecule has 2 aromatic heterocycles. The van der Waals surface area contributed by atoms with Crippen LogP contribution in [0.15, 0.2) is 18.2 Å². The zero-order valence-electron chi connectivity index (χ0n) is 11.5. The Morgan fingerprint density at radius 3 is 2.62 bits per heavy atom. The van der Waals surface area contributed by atoms with Gasteiger partial charge in [0, 0.05) is 18.5 Å². The molecule has 0 unspecified atom stereocenters. The Morgan fingerprint density at radius 1 is 1.29 bits per heavy atom. The number of nitrogens with one attached hydrogen (secondary N) is 1. The number of alkyl halides is 3. The molecule has 2 rings (SSSR count). The molecule has 0 aliphatic carbocycles. The zero-order chi connectivity index (χ0) is 15.5. The summed E-state index contributed by atoms with van der Waals surface area (Å²) in [4.78, 5) is 9.33. The van der Waals surface area contributed by atoms with Crippen molar-refractivity contribution in [3.05, 3.63) is 28.8 Å². The van der Waals surface area contributed by atoms with Crippen LogP contribution in [0.2, 0.25) is 0 Å². The van der Waals surface area contributed by atoms with Crippen LogP contribution in [0.25, 0.3) is 10.6 Å². The molecule has 0 saturated carbocycles. The van der Waals surface area contributed by atoms with Crippen molar-refractivity contribution in [2.75, 3.05) is 25.6 Å². The lowest BCUT2D eigenvalue weighted by Gasteiger charge is -2.11. The van der Waals surface area contributed by atoms with Gasteiger partial charge in [-0.2, -0.15) is 13.2 Å². The molecular formula is C13H14F3N3OS. The first kappa shape index (κ1) is 15.7. The highest BCUT2D eigenvalue weighted by molar-refractivity contribution is 7.15. The van der Waals surface area contributed by atoms with E-state index in [1.165, 1.54) is 18.4 Å². The highest BCUT2D eigenvalue weighted by Crippen LogP contribution is 2.33. The predicted molar refractivity (Wildman–Crippen MR) is 75.4 cm³/mol. The number of methoxy groups -OCH3 is 1. The molecule has 0 fully saturated rings. The second-order valence-corrected chi connectivity index (χ2v) is 5.58. The summed E-state index contributed by atoms with van der Waals surface area (Å²) in [5.74, 6) is -0.0528. The van der Waals surface area contributed by atoms with Crippen molar-refractivity contribution in [2.24, 2.45) is 0 Å². The molecule has 0 radical (unpaired) electrons. The van der Waals surface area contributed by atoms with Crippen LogP contribution in [0, 0.1) is 6.92 Å². The molecule has 0 amide bonds. The van der Waals surface area contributed by atoms with Gasteiger partial charge in [0.25, 0.3) is 0 Å². The van der Waals surface area contributed by atoms with Crippen molar-refractivity contribution in [1.29, 1.82) is 0 Å². The number of anilines is 1. The highest BCUT2D eigenvalue weighted by Gasteiger charge is 2.33. The number of hydrogen-bond donors (Lipinski definition) is 1. The molecule has 0 aliphatic rings.